The lowest BCUT2D eigenvalue weighted by molar-refractivity contribution is -0.126. The zero-order valence-electron chi connectivity index (χ0n) is 10.5. The van der Waals surface area contributed by atoms with Gasteiger partial charge in [0.2, 0.25) is 0 Å². The first-order chi connectivity index (χ1) is 8.47. The van der Waals surface area contributed by atoms with E-state index in [1.807, 2.05) is 13.8 Å². The molecule has 1 heterocycles. The molecule has 1 aromatic rings. The summed E-state index contributed by atoms with van der Waals surface area (Å²) in [6.07, 6.45) is 1.46. The van der Waals surface area contributed by atoms with Crippen LogP contribution in [-0.4, -0.2) is 18.1 Å². The molecule has 0 spiro atoms. The molecular formula is C13H17ClN2O2. The lowest BCUT2D eigenvalue weighted by Gasteiger charge is -2.14. The highest BCUT2D eigenvalue weighted by molar-refractivity contribution is 6.33. The van der Waals surface area contributed by atoms with Crippen molar-refractivity contribution in [3.63, 3.8) is 0 Å². The number of hydrogen-bond donors (Lipinski definition) is 2. The predicted molar refractivity (Wildman–Crippen MR) is 72.8 cm³/mol. The van der Waals surface area contributed by atoms with Crippen LogP contribution in [-0.2, 0) is 9.53 Å². The van der Waals surface area contributed by atoms with Crippen LogP contribution in [0.15, 0.2) is 12.1 Å². The third-order valence-corrected chi connectivity index (χ3v) is 3.45. The molecule has 1 aliphatic heterocycles. The van der Waals surface area contributed by atoms with Gasteiger partial charge >= 0.3 is 0 Å². The van der Waals surface area contributed by atoms with Crippen LogP contribution in [0.5, 0.6) is 0 Å². The van der Waals surface area contributed by atoms with E-state index in [9.17, 15) is 4.79 Å². The lowest BCUT2D eigenvalue weighted by atomic mass is 10.1. The maximum absolute atomic E-state index is 12.0. The minimum atomic E-state index is -0.365. The number of ether oxygens (including phenoxy) is 1. The van der Waals surface area contributed by atoms with Crippen molar-refractivity contribution in [1.82, 2.24) is 0 Å². The standard InChI is InChI=1S/C13H17ClN2O2/c1-7-5-10(15)9(14)6-11(7)16-13(17)12-4-3-8(2)18-12/h5-6,8,12H,3-4,15H2,1-2H3,(H,16,17). The van der Waals surface area contributed by atoms with Gasteiger partial charge in [0.05, 0.1) is 16.8 Å². The molecule has 0 aromatic heterocycles. The van der Waals surface area contributed by atoms with Gasteiger partial charge in [-0.1, -0.05) is 11.6 Å². The summed E-state index contributed by atoms with van der Waals surface area (Å²) >= 11 is 5.94. The molecule has 1 saturated heterocycles. The zero-order chi connectivity index (χ0) is 13.3. The highest BCUT2D eigenvalue weighted by atomic mass is 35.5. The smallest absolute Gasteiger partial charge is 0.253 e. The Hall–Kier alpha value is -1.26. The van der Waals surface area contributed by atoms with Crippen molar-refractivity contribution in [2.24, 2.45) is 0 Å². The Kier molecular flexibility index (Phi) is 3.78. The number of nitrogens with two attached hydrogens (primary N) is 1. The van der Waals surface area contributed by atoms with E-state index in [4.69, 9.17) is 22.1 Å². The number of halogens is 1. The molecule has 0 aliphatic carbocycles. The second-order valence-electron chi connectivity index (χ2n) is 4.69. The fraction of sp³-hybridized carbons (Fsp3) is 0.462. The molecule has 2 atom stereocenters. The Bertz CT molecular complexity index is 476. The van der Waals surface area contributed by atoms with Crippen molar-refractivity contribution < 1.29 is 9.53 Å². The van der Waals surface area contributed by atoms with Crippen LogP contribution in [0.2, 0.25) is 5.02 Å². The van der Waals surface area contributed by atoms with Crippen LogP contribution in [0, 0.1) is 6.92 Å². The van der Waals surface area contributed by atoms with Gasteiger partial charge in [0, 0.05) is 5.69 Å². The van der Waals surface area contributed by atoms with E-state index < -0.39 is 0 Å². The molecule has 1 aromatic carbocycles. The summed E-state index contributed by atoms with van der Waals surface area (Å²) < 4.78 is 5.52. The van der Waals surface area contributed by atoms with Gasteiger partial charge in [-0.2, -0.15) is 0 Å². The van der Waals surface area contributed by atoms with Gasteiger partial charge in [0.25, 0.3) is 5.91 Å². The van der Waals surface area contributed by atoms with Gasteiger partial charge in [-0.25, -0.2) is 0 Å². The zero-order valence-corrected chi connectivity index (χ0v) is 11.3. The fourth-order valence-electron chi connectivity index (χ4n) is 2.05. The summed E-state index contributed by atoms with van der Waals surface area (Å²) in [5, 5.41) is 3.28. The van der Waals surface area contributed by atoms with Crippen molar-refractivity contribution in [3.05, 3.63) is 22.7 Å². The predicted octanol–water partition coefficient (Wildman–Crippen LogP) is 2.74. The maximum atomic E-state index is 12.0. The van der Waals surface area contributed by atoms with Crippen molar-refractivity contribution in [2.45, 2.75) is 38.9 Å². The molecule has 4 nitrogen and oxygen atoms in total. The molecule has 3 N–H and O–H groups in total. The van der Waals surface area contributed by atoms with Gasteiger partial charge in [0.15, 0.2) is 0 Å². The molecule has 5 heteroatoms. The number of carbonyl (C=O) groups is 1. The molecular weight excluding hydrogens is 252 g/mol. The summed E-state index contributed by atoms with van der Waals surface area (Å²) in [5.74, 6) is -0.122. The molecule has 98 valence electrons. The minimum absolute atomic E-state index is 0.122. The van der Waals surface area contributed by atoms with Gasteiger partial charge in [-0.3, -0.25) is 4.79 Å². The quantitative estimate of drug-likeness (QED) is 0.811. The Morgan fingerprint density at radius 3 is 2.83 bits per heavy atom. The number of rotatable bonds is 2. The van der Waals surface area contributed by atoms with Crippen molar-refractivity contribution in [2.75, 3.05) is 11.1 Å². The molecule has 0 radical (unpaired) electrons. The average Bonchev–Trinajstić information content (AvgIpc) is 2.73. The monoisotopic (exact) mass is 268 g/mol. The molecule has 0 saturated carbocycles. The number of carbonyl (C=O) groups excluding carboxylic acids is 1. The highest BCUT2D eigenvalue weighted by Crippen LogP contribution is 2.27. The molecule has 1 aliphatic rings. The van der Waals surface area contributed by atoms with Crippen LogP contribution in [0.25, 0.3) is 0 Å². The van der Waals surface area contributed by atoms with E-state index in [0.29, 0.717) is 16.4 Å². The first kappa shape index (κ1) is 13.2. The van der Waals surface area contributed by atoms with Crippen molar-refractivity contribution in [1.29, 1.82) is 0 Å². The number of aryl methyl sites for hydroxylation is 1. The van der Waals surface area contributed by atoms with E-state index >= 15 is 0 Å². The molecule has 1 fully saturated rings. The Balaban J connectivity index is 2.09. The van der Waals surface area contributed by atoms with Crippen LogP contribution < -0.4 is 11.1 Å². The first-order valence-corrected chi connectivity index (χ1v) is 6.37. The van der Waals surface area contributed by atoms with Crippen LogP contribution >= 0.6 is 11.6 Å². The second-order valence-corrected chi connectivity index (χ2v) is 5.10. The summed E-state index contributed by atoms with van der Waals surface area (Å²) in [6, 6.07) is 3.42. The Morgan fingerprint density at radius 2 is 2.22 bits per heavy atom. The number of anilines is 2. The number of nitrogen functional groups attached to an aromatic ring is 1. The number of hydrogen-bond acceptors (Lipinski definition) is 3. The van der Waals surface area contributed by atoms with Crippen LogP contribution in [0.3, 0.4) is 0 Å². The Labute approximate surface area is 111 Å². The first-order valence-electron chi connectivity index (χ1n) is 5.99. The molecule has 2 rings (SSSR count). The molecule has 18 heavy (non-hydrogen) atoms. The number of benzene rings is 1. The van der Waals surface area contributed by atoms with Crippen molar-refractivity contribution >= 4 is 28.9 Å². The van der Waals surface area contributed by atoms with Crippen LogP contribution in [0.1, 0.15) is 25.3 Å². The maximum Gasteiger partial charge on any atom is 0.253 e. The van der Waals surface area contributed by atoms with E-state index in [2.05, 4.69) is 5.32 Å². The van der Waals surface area contributed by atoms with Gasteiger partial charge in [-0.15, -0.1) is 0 Å². The van der Waals surface area contributed by atoms with Gasteiger partial charge < -0.3 is 15.8 Å². The topological polar surface area (TPSA) is 64.3 Å². The second kappa shape index (κ2) is 5.16. The average molecular weight is 269 g/mol. The number of amides is 1. The third-order valence-electron chi connectivity index (χ3n) is 3.13. The summed E-state index contributed by atoms with van der Waals surface area (Å²) in [5.41, 5.74) is 7.77. The van der Waals surface area contributed by atoms with E-state index in [-0.39, 0.29) is 18.1 Å². The van der Waals surface area contributed by atoms with E-state index in [1.54, 1.807) is 12.1 Å². The highest BCUT2D eigenvalue weighted by Gasteiger charge is 2.28. The van der Waals surface area contributed by atoms with E-state index in [1.165, 1.54) is 0 Å². The van der Waals surface area contributed by atoms with Gasteiger partial charge in [-0.05, 0) is 44.4 Å². The van der Waals surface area contributed by atoms with Crippen molar-refractivity contribution in [3.8, 4) is 0 Å². The molecule has 1 amide bonds. The van der Waals surface area contributed by atoms with E-state index in [0.717, 1.165) is 18.4 Å². The van der Waals surface area contributed by atoms with Gasteiger partial charge in [0.1, 0.15) is 6.10 Å². The largest absolute Gasteiger partial charge is 0.398 e. The molecule has 2 unspecified atom stereocenters. The lowest BCUT2D eigenvalue weighted by Crippen LogP contribution is -2.28. The minimum Gasteiger partial charge on any atom is -0.398 e. The number of nitrogens with one attached hydrogen (secondary N) is 1. The third kappa shape index (κ3) is 2.76. The summed E-state index contributed by atoms with van der Waals surface area (Å²) in [6.45, 7) is 3.85. The fourth-order valence-corrected chi connectivity index (χ4v) is 2.21. The molecule has 0 bridgehead atoms. The SMILES string of the molecule is Cc1cc(N)c(Cl)cc1NC(=O)C1CCC(C)O1. The normalized spacial score (nSPS) is 23.1. The van der Waals surface area contributed by atoms with Crippen LogP contribution in [0.4, 0.5) is 11.4 Å². The summed E-state index contributed by atoms with van der Waals surface area (Å²) in [4.78, 5) is 12.0. The summed E-state index contributed by atoms with van der Waals surface area (Å²) in [7, 11) is 0. The Morgan fingerprint density at radius 1 is 1.50 bits per heavy atom.